The van der Waals surface area contributed by atoms with Gasteiger partial charge in [0.05, 0.1) is 6.26 Å². The van der Waals surface area contributed by atoms with Crippen molar-refractivity contribution in [1.29, 1.82) is 0 Å². The van der Waals surface area contributed by atoms with E-state index >= 15 is 0 Å². The van der Waals surface area contributed by atoms with Crippen molar-refractivity contribution in [2.75, 3.05) is 6.26 Å². The first kappa shape index (κ1) is 19.6. The topological polar surface area (TPSA) is 95.7 Å². The van der Waals surface area contributed by atoms with Crippen LogP contribution in [0.4, 0.5) is 17.6 Å². The average molecular weight is 385 g/mol. The van der Waals surface area contributed by atoms with Gasteiger partial charge in [-0.1, -0.05) is 12.1 Å². The third kappa shape index (κ3) is 4.47. The van der Waals surface area contributed by atoms with E-state index in [1.54, 1.807) is 0 Å². The van der Waals surface area contributed by atoms with Crippen LogP contribution in [0.3, 0.4) is 0 Å². The number of rotatable bonds is 4. The van der Waals surface area contributed by atoms with Crippen molar-refractivity contribution in [2.24, 2.45) is 5.73 Å². The molecule has 6 nitrogen and oxygen atoms in total. The fourth-order valence-electron chi connectivity index (χ4n) is 2.74. The predicted molar refractivity (Wildman–Crippen MR) is 77.5 cm³/mol. The number of alkyl halides is 3. The third-order valence-electron chi connectivity index (χ3n) is 3.73. The summed E-state index contributed by atoms with van der Waals surface area (Å²) in [4.78, 5) is 12.5. The molecular weight excluding hydrogens is 370 g/mol. The molecule has 25 heavy (non-hydrogen) atoms. The second-order valence-electron chi connectivity index (χ2n) is 5.68. The van der Waals surface area contributed by atoms with Gasteiger partial charge >= 0.3 is 6.36 Å². The Morgan fingerprint density at radius 3 is 2.52 bits per heavy atom. The van der Waals surface area contributed by atoms with Gasteiger partial charge in [-0.15, -0.1) is 13.2 Å². The lowest BCUT2D eigenvalue weighted by molar-refractivity contribution is -0.275. The van der Waals surface area contributed by atoms with Gasteiger partial charge in [0.25, 0.3) is 10.1 Å². The summed E-state index contributed by atoms with van der Waals surface area (Å²) in [5.74, 6) is -3.49. The SMILES string of the molecule is CS(=O)(=O)OC1CCCC(N)(c2cccc(OC(F)(F)F)c2F)C1=O. The summed E-state index contributed by atoms with van der Waals surface area (Å²) in [6.45, 7) is 0. The number of carbonyl (C=O) groups is 1. The van der Waals surface area contributed by atoms with Crippen LogP contribution in [0.2, 0.25) is 0 Å². The zero-order valence-electron chi connectivity index (χ0n) is 13.0. The van der Waals surface area contributed by atoms with Gasteiger partial charge in [-0.25, -0.2) is 4.39 Å². The van der Waals surface area contributed by atoms with E-state index in [4.69, 9.17) is 5.73 Å². The number of carbonyl (C=O) groups excluding carboxylic acids is 1. The number of hydrogen-bond acceptors (Lipinski definition) is 6. The van der Waals surface area contributed by atoms with Gasteiger partial charge in [0, 0.05) is 5.56 Å². The Labute approximate surface area is 141 Å². The molecule has 1 fully saturated rings. The maximum absolute atomic E-state index is 14.5. The van der Waals surface area contributed by atoms with Gasteiger partial charge in [-0.2, -0.15) is 8.42 Å². The van der Waals surface area contributed by atoms with E-state index in [2.05, 4.69) is 8.92 Å². The first-order chi connectivity index (χ1) is 11.3. The summed E-state index contributed by atoms with van der Waals surface area (Å²) in [6, 6.07) is 2.86. The molecule has 2 N–H and O–H groups in total. The zero-order valence-corrected chi connectivity index (χ0v) is 13.8. The molecule has 0 bridgehead atoms. The molecule has 140 valence electrons. The van der Waals surface area contributed by atoms with E-state index < -0.39 is 51.0 Å². The summed E-state index contributed by atoms with van der Waals surface area (Å²) in [6.07, 6.45) is -5.63. The minimum absolute atomic E-state index is 0.0468. The molecule has 1 saturated carbocycles. The first-order valence-corrected chi connectivity index (χ1v) is 8.91. The maximum atomic E-state index is 14.5. The van der Waals surface area contributed by atoms with Gasteiger partial charge in [0.2, 0.25) is 0 Å². The fraction of sp³-hybridized carbons (Fsp3) is 0.500. The normalized spacial score (nSPS) is 25.0. The van der Waals surface area contributed by atoms with E-state index in [-0.39, 0.29) is 19.3 Å². The highest BCUT2D eigenvalue weighted by Crippen LogP contribution is 2.38. The third-order valence-corrected chi connectivity index (χ3v) is 4.31. The Bertz CT molecular complexity index is 780. The molecule has 2 unspecified atom stereocenters. The van der Waals surface area contributed by atoms with Gasteiger partial charge in [-0.3, -0.25) is 8.98 Å². The van der Waals surface area contributed by atoms with Crippen LogP contribution in [-0.2, 0) is 24.6 Å². The molecule has 0 aliphatic heterocycles. The second-order valence-corrected chi connectivity index (χ2v) is 7.28. The molecule has 0 saturated heterocycles. The Hall–Kier alpha value is -1.72. The number of hydrogen-bond donors (Lipinski definition) is 1. The minimum Gasteiger partial charge on any atom is -0.403 e. The molecule has 0 radical (unpaired) electrons. The molecule has 2 rings (SSSR count). The fourth-order valence-corrected chi connectivity index (χ4v) is 3.34. The summed E-state index contributed by atoms with van der Waals surface area (Å²) >= 11 is 0. The highest BCUT2D eigenvalue weighted by Gasteiger charge is 2.47. The Kier molecular flexibility index (Phi) is 5.13. The lowest BCUT2D eigenvalue weighted by Gasteiger charge is -2.36. The van der Waals surface area contributed by atoms with E-state index in [0.717, 1.165) is 24.5 Å². The average Bonchev–Trinajstić information content (AvgIpc) is 2.43. The van der Waals surface area contributed by atoms with Crippen LogP contribution in [0.5, 0.6) is 5.75 Å². The summed E-state index contributed by atoms with van der Waals surface area (Å²) < 4.78 is 82.2. The summed E-state index contributed by atoms with van der Waals surface area (Å²) in [5, 5.41) is 0. The molecule has 0 heterocycles. The molecule has 1 aromatic carbocycles. The van der Waals surface area contributed by atoms with E-state index in [1.807, 2.05) is 0 Å². The largest absolute Gasteiger partial charge is 0.573 e. The summed E-state index contributed by atoms with van der Waals surface area (Å²) in [5.41, 5.74) is 3.43. The van der Waals surface area contributed by atoms with Crippen molar-refractivity contribution < 1.29 is 39.7 Å². The van der Waals surface area contributed by atoms with E-state index in [0.29, 0.717) is 0 Å². The lowest BCUT2D eigenvalue weighted by atomic mass is 9.75. The molecule has 2 atom stereocenters. The molecule has 1 aromatic rings. The van der Waals surface area contributed by atoms with Crippen molar-refractivity contribution in [3.8, 4) is 5.75 Å². The first-order valence-electron chi connectivity index (χ1n) is 7.10. The number of benzene rings is 1. The standard InChI is InChI=1S/C14H15F4NO5S/c1-25(21,22)24-10-6-3-7-13(19,12(10)20)8-4-2-5-9(11(8)15)23-14(16,17)18/h2,4-5,10H,3,6-7,19H2,1H3. The molecule has 0 aromatic heterocycles. The lowest BCUT2D eigenvalue weighted by Crippen LogP contribution is -2.54. The highest BCUT2D eigenvalue weighted by molar-refractivity contribution is 7.86. The van der Waals surface area contributed by atoms with Crippen molar-refractivity contribution in [3.63, 3.8) is 0 Å². The molecule has 11 heteroatoms. The van der Waals surface area contributed by atoms with Crippen LogP contribution in [0.15, 0.2) is 18.2 Å². The Morgan fingerprint density at radius 2 is 1.96 bits per heavy atom. The number of halogens is 4. The molecule has 1 aliphatic rings. The van der Waals surface area contributed by atoms with Gasteiger partial charge in [0.15, 0.2) is 17.3 Å². The van der Waals surface area contributed by atoms with Crippen molar-refractivity contribution >= 4 is 15.9 Å². The quantitative estimate of drug-likeness (QED) is 0.629. The Morgan fingerprint density at radius 1 is 1.32 bits per heavy atom. The molecule has 0 spiro atoms. The van der Waals surface area contributed by atoms with E-state index in [1.165, 1.54) is 0 Å². The maximum Gasteiger partial charge on any atom is 0.573 e. The smallest absolute Gasteiger partial charge is 0.403 e. The van der Waals surface area contributed by atoms with Gasteiger partial charge in [0.1, 0.15) is 11.6 Å². The van der Waals surface area contributed by atoms with Gasteiger partial charge in [-0.05, 0) is 25.3 Å². The number of ketones is 1. The number of nitrogens with two attached hydrogens (primary N) is 1. The highest BCUT2D eigenvalue weighted by atomic mass is 32.2. The van der Waals surface area contributed by atoms with Crippen LogP contribution >= 0.6 is 0 Å². The monoisotopic (exact) mass is 385 g/mol. The Balaban J connectivity index is 2.42. The van der Waals surface area contributed by atoms with E-state index in [9.17, 15) is 30.8 Å². The predicted octanol–water partition coefficient (Wildman–Crippen LogP) is 1.98. The zero-order chi connectivity index (χ0) is 19.0. The van der Waals surface area contributed by atoms with Crippen molar-refractivity contribution in [3.05, 3.63) is 29.6 Å². The second kappa shape index (κ2) is 6.54. The molecule has 0 amide bonds. The molecular formula is C14H15F4NO5S. The van der Waals surface area contributed by atoms with Crippen LogP contribution in [0.1, 0.15) is 24.8 Å². The molecule has 1 aliphatic carbocycles. The minimum atomic E-state index is -5.13. The van der Waals surface area contributed by atoms with Crippen LogP contribution in [0.25, 0.3) is 0 Å². The van der Waals surface area contributed by atoms with Crippen LogP contribution in [0, 0.1) is 5.82 Å². The number of Topliss-reactive ketones (excluding diaryl/α,β-unsaturated/α-hetero) is 1. The van der Waals surface area contributed by atoms with Crippen LogP contribution in [-0.4, -0.2) is 32.9 Å². The number of ether oxygens (including phenoxy) is 1. The van der Waals surface area contributed by atoms with Crippen molar-refractivity contribution in [2.45, 2.75) is 37.3 Å². The summed E-state index contributed by atoms with van der Waals surface area (Å²) in [7, 11) is -3.97. The van der Waals surface area contributed by atoms with Crippen LogP contribution < -0.4 is 10.5 Å². The van der Waals surface area contributed by atoms with Gasteiger partial charge < -0.3 is 10.5 Å². The van der Waals surface area contributed by atoms with Crippen molar-refractivity contribution in [1.82, 2.24) is 0 Å².